The smallest absolute Gasteiger partial charge is 0.239 e. The molecule has 4 heteroatoms. The van der Waals surface area contributed by atoms with Crippen molar-refractivity contribution >= 4 is 5.91 Å². The van der Waals surface area contributed by atoms with Crippen LogP contribution in [0.15, 0.2) is 24.5 Å². The molecule has 0 N–H and O–H groups in total. The topological polar surface area (TPSA) is 36.4 Å². The molecule has 0 spiro atoms. The second kappa shape index (κ2) is 5.27. The summed E-state index contributed by atoms with van der Waals surface area (Å²) < 4.78 is 0. The van der Waals surface area contributed by atoms with Crippen molar-refractivity contribution in [1.82, 2.24) is 14.8 Å². The van der Waals surface area contributed by atoms with E-state index in [0.29, 0.717) is 0 Å². The van der Waals surface area contributed by atoms with Crippen LogP contribution in [0.4, 0.5) is 0 Å². The number of pyridine rings is 1. The number of amides is 1. The van der Waals surface area contributed by atoms with Crippen molar-refractivity contribution in [3.63, 3.8) is 0 Å². The molecule has 1 aromatic heterocycles. The summed E-state index contributed by atoms with van der Waals surface area (Å²) in [5.74, 6) is 0.214. The molecule has 92 valence electrons. The highest BCUT2D eigenvalue weighted by Crippen LogP contribution is 2.20. The highest BCUT2D eigenvalue weighted by Gasteiger charge is 2.31. The SMILES string of the molecule is CN(C)C(=O)C1CCCN1Cc1cccnc1. The van der Waals surface area contributed by atoms with Crippen LogP contribution in [0, 0.1) is 0 Å². The summed E-state index contributed by atoms with van der Waals surface area (Å²) in [5, 5.41) is 0. The van der Waals surface area contributed by atoms with Gasteiger partial charge in [0.2, 0.25) is 5.91 Å². The van der Waals surface area contributed by atoms with Gasteiger partial charge in [-0.15, -0.1) is 0 Å². The average molecular weight is 233 g/mol. The first kappa shape index (κ1) is 12.0. The Hall–Kier alpha value is -1.42. The van der Waals surface area contributed by atoms with Gasteiger partial charge in [-0.25, -0.2) is 0 Å². The molecular weight excluding hydrogens is 214 g/mol. The summed E-state index contributed by atoms with van der Waals surface area (Å²) in [5.41, 5.74) is 1.17. The third-order valence-electron chi connectivity index (χ3n) is 3.20. The molecule has 4 nitrogen and oxygen atoms in total. The highest BCUT2D eigenvalue weighted by atomic mass is 16.2. The fourth-order valence-electron chi connectivity index (χ4n) is 2.32. The van der Waals surface area contributed by atoms with E-state index in [9.17, 15) is 4.79 Å². The van der Waals surface area contributed by atoms with Gasteiger partial charge in [0.05, 0.1) is 6.04 Å². The standard InChI is InChI=1S/C13H19N3O/c1-15(2)13(17)12-6-4-8-16(12)10-11-5-3-7-14-9-11/h3,5,7,9,12H,4,6,8,10H2,1-2H3. The van der Waals surface area contributed by atoms with Gasteiger partial charge < -0.3 is 4.90 Å². The Morgan fingerprint density at radius 2 is 2.41 bits per heavy atom. The lowest BCUT2D eigenvalue weighted by Gasteiger charge is -2.25. The van der Waals surface area contributed by atoms with Crippen molar-refractivity contribution in [3.8, 4) is 0 Å². The van der Waals surface area contributed by atoms with Gasteiger partial charge in [-0.1, -0.05) is 6.07 Å². The predicted molar refractivity (Wildman–Crippen MR) is 66.4 cm³/mol. The van der Waals surface area contributed by atoms with Gasteiger partial charge in [0.1, 0.15) is 0 Å². The lowest BCUT2D eigenvalue weighted by molar-refractivity contribution is -0.133. The summed E-state index contributed by atoms with van der Waals surface area (Å²) in [6.45, 7) is 1.82. The first-order chi connectivity index (χ1) is 8.18. The van der Waals surface area contributed by atoms with E-state index in [1.165, 1.54) is 5.56 Å². The summed E-state index contributed by atoms with van der Waals surface area (Å²) in [7, 11) is 3.64. The second-order valence-electron chi connectivity index (χ2n) is 4.72. The number of likely N-dealkylation sites (N-methyl/N-ethyl adjacent to an activating group) is 1. The monoisotopic (exact) mass is 233 g/mol. The molecule has 1 aliphatic rings. The molecule has 2 heterocycles. The average Bonchev–Trinajstić information content (AvgIpc) is 2.77. The Balaban J connectivity index is 2.03. The van der Waals surface area contributed by atoms with E-state index in [-0.39, 0.29) is 11.9 Å². The number of carbonyl (C=O) groups excluding carboxylic acids is 1. The van der Waals surface area contributed by atoms with E-state index in [1.807, 2.05) is 26.4 Å². The Morgan fingerprint density at radius 1 is 1.59 bits per heavy atom. The molecule has 0 saturated carbocycles. The van der Waals surface area contributed by atoms with Gasteiger partial charge >= 0.3 is 0 Å². The van der Waals surface area contributed by atoms with Gasteiger partial charge in [0.25, 0.3) is 0 Å². The molecule has 0 aromatic carbocycles. The molecule has 1 aromatic rings. The summed E-state index contributed by atoms with van der Waals surface area (Å²) in [6, 6.07) is 4.04. The quantitative estimate of drug-likeness (QED) is 0.785. The van der Waals surface area contributed by atoms with Crippen molar-refractivity contribution in [1.29, 1.82) is 0 Å². The number of likely N-dealkylation sites (tertiary alicyclic amines) is 1. The zero-order valence-corrected chi connectivity index (χ0v) is 10.5. The molecule has 1 fully saturated rings. The summed E-state index contributed by atoms with van der Waals surface area (Å²) >= 11 is 0. The van der Waals surface area contributed by atoms with Crippen LogP contribution in [0.1, 0.15) is 18.4 Å². The third-order valence-corrected chi connectivity index (χ3v) is 3.20. The van der Waals surface area contributed by atoms with Crippen LogP contribution >= 0.6 is 0 Å². The Kier molecular flexibility index (Phi) is 3.74. The second-order valence-corrected chi connectivity index (χ2v) is 4.72. The molecule has 0 aliphatic carbocycles. The molecule has 1 unspecified atom stereocenters. The third kappa shape index (κ3) is 2.82. The van der Waals surface area contributed by atoms with Crippen LogP contribution in [0.5, 0.6) is 0 Å². The first-order valence-corrected chi connectivity index (χ1v) is 6.02. The number of rotatable bonds is 3. The van der Waals surface area contributed by atoms with Gasteiger partial charge in [-0.3, -0.25) is 14.7 Å². The number of aromatic nitrogens is 1. The maximum absolute atomic E-state index is 12.0. The largest absolute Gasteiger partial charge is 0.347 e. The molecular formula is C13H19N3O. The molecule has 2 rings (SSSR count). The summed E-state index contributed by atoms with van der Waals surface area (Å²) in [6.07, 6.45) is 5.72. The minimum Gasteiger partial charge on any atom is -0.347 e. The molecule has 1 atom stereocenters. The first-order valence-electron chi connectivity index (χ1n) is 6.02. The maximum Gasteiger partial charge on any atom is 0.239 e. The predicted octanol–water partition coefficient (Wildman–Crippen LogP) is 1.13. The van der Waals surface area contributed by atoms with Gasteiger partial charge in [0, 0.05) is 33.0 Å². The fourth-order valence-corrected chi connectivity index (χ4v) is 2.32. The van der Waals surface area contributed by atoms with Crippen molar-refractivity contribution in [2.75, 3.05) is 20.6 Å². The zero-order valence-electron chi connectivity index (χ0n) is 10.5. The molecule has 0 radical (unpaired) electrons. The van der Waals surface area contributed by atoms with Crippen LogP contribution in [0.3, 0.4) is 0 Å². The van der Waals surface area contributed by atoms with Crippen LogP contribution in [-0.2, 0) is 11.3 Å². The molecule has 1 saturated heterocycles. The van der Waals surface area contributed by atoms with Crippen molar-refractivity contribution in [3.05, 3.63) is 30.1 Å². The Labute approximate surface area is 102 Å². The highest BCUT2D eigenvalue weighted by molar-refractivity contribution is 5.81. The molecule has 1 amide bonds. The minimum atomic E-state index is 0.0465. The van der Waals surface area contributed by atoms with Gasteiger partial charge in [0.15, 0.2) is 0 Å². The van der Waals surface area contributed by atoms with Crippen LogP contribution in [0.25, 0.3) is 0 Å². The van der Waals surface area contributed by atoms with E-state index in [1.54, 1.807) is 11.1 Å². The van der Waals surface area contributed by atoms with E-state index in [4.69, 9.17) is 0 Å². The van der Waals surface area contributed by atoms with Crippen LogP contribution in [0.2, 0.25) is 0 Å². The van der Waals surface area contributed by atoms with E-state index >= 15 is 0 Å². The van der Waals surface area contributed by atoms with Crippen LogP contribution in [-0.4, -0.2) is 47.4 Å². The maximum atomic E-state index is 12.0. The van der Waals surface area contributed by atoms with E-state index in [0.717, 1.165) is 25.9 Å². The minimum absolute atomic E-state index is 0.0465. The van der Waals surface area contributed by atoms with Crippen molar-refractivity contribution < 1.29 is 4.79 Å². The van der Waals surface area contributed by atoms with Crippen molar-refractivity contribution in [2.24, 2.45) is 0 Å². The Bertz CT molecular complexity index is 378. The Morgan fingerprint density at radius 3 is 3.06 bits per heavy atom. The number of hydrogen-bond donors (Lipinski definition) is 0. The van der Waals surface area contributed by atoms with E-state index in [2.05, 4.69) is 16.0 Å². The van der Waals surface area contributed by atoms with Crippen molar-refractivity contribution in [2.45, 2.75) is 25.4 Å². The lowest BCUT2D eigenvalue weighted by Crippen LogP contribution is -2.42. The molecule has 1 aliphatic heterocycles. The molecule has 0 bridgehead atoms. The zero-order chi connectivity index (χ0) is 12.3. The number of nitrogens with zero attached hydrogens (tertiary/aromatic N) is 3. The summed E-state index contributed by atoms with van der Waals surface area (Å²) in [4.78, 5) is 20.1. The number of carbonyl (C=O) groups is 1. The number of hydrogen-bond acceptors (Lipinski definition) is 3. The normalized spacial score (nSPS) is 20.5. The van der Waals surface area contributed by atoms with Gasteiger partial charge in [-0.2, -0.15) is 0 Å². The molecule has 17 heavy (non-hydrogen) atoms. The fraction of sp³-hybridized carbons (Fsp3) is 0.538. The lowest BCUT2D eigenvalue weighted by atomic mass is 10.2. The van der Waals surface area contributed by atoms with Gasteiger partial charge in [-0.05, 0) is 31.0 Å². The van der Waals surface area contributed by atoms with E-state index < -0.39 is 0 Å². The van der Waals surface area contributed by atoms with Crippen LogP contribution < -0.4 is 0 Å².